The number of carbonyl (C=O) groups is 2. The molecular weight excluding hydrogens is 354 g/mol. The number of urea groups is 1. The van der Waals surface area contributed by atoms with E-state index in [2.05, 4.69) is 29.8 Å². The summed E-state index contributed by atoms with van der Waals surface area (Å²) in [4.78, 5) is 23.9. The molecule has 0 saturated carbocycles. The fourth-order valence-corrected chi connectivity index (χ4v) is 2.95. The lowest BCUT2D eigenvalue weighted by Crippen LogP contribution is -2.49. The molecule has 0 spiro atoms. The minimum Gasteiger partial charge on any atom is -0.467 e. The van der Waals surface area contributed by atoms with Crippen molar-refractivity contribution >= 4 is 23.5 Å². The Morgan fingerprint density at radius 3 is 2.38 bits per heavy atom. The van der Waals surface area contributed by atoms with Crippen LogP contribution in [-0.2, 0) is 16.9 Å². The number of rotatable bonds is 8. The van der Waals surface area contributed by atoms with Crippen molar-refractivity contribution in [3.8, 4) is 0 Å². The third-order valence-electron chi connectivity index (χ3n) is 4.45. The first-order chi connectivity index (χ1) is 12.5. The van der Waals surface area contributed by atoms with E-state index in [1.165, 1.54) is 6.26 Å². The molecule has 1 aromatic carbocycles. The van der Waals surface area contributed by atoms with E-state index in [0.29, 0.717) is 10.8 Å². The van der Waals surface area contributed by atoms with Gasteiger partial charge in [0.2, 0.25) is 5.91 Å². The monoisotopic (exact) mass is 377 g/mol. The number of furan rings is 1. The number of hydrogen-bond donors (Lipinski definition) is 3. The first kappa shape index (κ1) is 20.0. The van der Waals surface area contributed by atoms with Crippen LogP contribution in [0.25, 0.3) is 0 Å². The Hall–Kier alpha value is -2.31. The molecule has 0 aliphatic carbocycles. The van der Waals surface area contributed by atoms with Gasteiger partial charge in [-0.2, -0.15) is 0 Å². The maximum atomic E-state index is 12.1. The van der Waals surface area contributed by atoms with Gasteiger partial charge in [0.1, 0.15) is 5.76 Å². The molecule has 0 radical (unpaired) electrons. The van der Waals surface area contributed by atoms with Gasteiger partial charge in [-0.05, 0) is 42.7 Å². The van der Waals surface area contributed by atoms with Gasteiger partial charge in [0, 0.05) is 10.6 Å². The summed E-state index contributed by atoms with van der Waals surface area (Å²) in [5.74, 6) is 0.214. The number of amides is 3. The quantitative estimate of drug-likeness (QED) is 0.656. The molecule has 7 heteroatoms. The van der Waals surface area contributed by atoms with Crippen LogP contribution in [0.1, 0.15) is 38.0 Å². The molecule has 6 nitrogen and oxygen atoms in total. The highest BCUT2D eigenvalue weighted by atomic mass is 35.5. The van der Waals surface area contributed by atoms with Crippen molar-refractivity contribution in [3.63, 3.8) is 0 Å². The summed E-state index contributed by atoms with van der Waals surface area (Å²) in [5, 5.41) is 8.84. The molecular formula is C19H24ClN3O3. The molecule has 0 fully saturated rings. The number of hydrogen-bond acceptors (Lipinski definition) is 4. The van der Waals surface area contributed by atoms with Crippen LogP contribution in [0.15, 0.2) is 47.1 Å². The summed E-state index contributed by atoms with van der Waals surface area (Å²) in [5.41, 5.74) is 0.703. The average molecular weight is 378 g/mol. The van der Waals surface area contributed by atoms with Crippen LogP contribution in [0.2, 0.25) is 5.02 Å². The van der Waals surface area contributed by atoms with Gasteiger partial charge in [0.05, 0.1) is 19.4 Å². The van der Waals surface area contributed by atoms with Crippen LogP contribution in [0, 0.1) is 0 Å². The summed E-state index contributed by atoms with van der Waals surface area (Å²) in [6, 6.07) is 10.5. The van der Waals surface area contributed by atoms with Crippen LogP contribution in [-0.4, -0.2) is 18.5 Å². The highest BCUT2D eigenvalue weighted by Gasteiger charge is 2.28. The molecule has 0 aliphatic heterocycles. The predicted octanol–water partition coefficient (Wildman–Crippen LogP) is 3.56. The van der Waals surface area contributed by atoms with E-state index in [1.54, 1.807) is 12.1 Å². The Balaban J connectivity index is 1.88. The molecule has 0 bridgehead atoms. The molecule has 3 N–H and O–H groups in total. The number of halogens is 1. The summed E-state index contributed by atoms with van der Waals surface area (Å²) >= 11 is 5.96. The fraction of sp³-hybridized carbons (Fsp3) is 0.368. The van der Waals surface area contributed by atoms with Gasteiger partial charge in [-0.3, -0.25) is 15.4 Å². The largest absolute Gasteiger partial charge is 0.467 e. The molecule has 140 valence electrons. The van der Waals surface area contributed by atoms with Gasteiger partial charge in [-0.15, -0.1) is 0 Å². The number of nitrogens with one attached hydrogen (secondary N) is 3. The van der Waals surface area contributed by atoms with Crippen LogP contribution < -0.4 is 16.0 Å². The lowest BCUT2D eigenvalue weighted by molar-refractivity contribution is -0.119. The molecule has 0 saturated heterocycles. The van der Waals surface area contributed by atoms with E-state index in [-0.39, 0.29) is 18.6 Å². The second-order valence-electron chi connectivity index (χ2n) is 5.96. The molecule has 1 heterocycles. The van der Waals surface area contributed by atoms with E-state index in [0.717, 1.165) is 18.4 Å². The first-order valence-corrected chi connectivity index (χ1v) is 8.98. The molecule has 2 aromatic rings. The lowest BCUT2D eigenvalue weighted by atomic mass is 9.84. The predicted molar refractivity (Wildman–Crippen MR) is 101 cm³/mol. The van der Waals surface area contributed by atoms with E-state index < -0.39 is 11.9 Å². The SMILES string of the molecule is CCC(CC)(NCC(=O)NC(=O)NCc1ccco1)c1ccc(Cl)cc1. The summed E-state index contributed by atoms with van der Waals surface area (Å²) in [6.45, 7) is 4.36. The molecule has 2 rings (SSSR count). The normalized spacial score (nSPS) is 11.2. The van der Waals surface area contributed by atoms with Crippen LogP contribution >= 0.6 is 11.6 Å². The summed E-state index contributed by atoms with van der Waals surface area (Å²) in [7, 11) is 0. The summed E-state index contributed by atoms with van der Waals surface area (Å²) < 4.78 is 5.12. The third-order valence-corrected chi connectivity index (χ3v) is 4.70. The number of benzene rings is 1. The van der Waals surface area contributed by atoms with E-state index in [1.807, 2.05) is 24.3 Å². The zero-order chi connectivity index (χ0) is 19.0. The summed E-state index contributed by atoms with van der Waals surface area (Å²) in [6.07, 6.45) is 3.11. The van der Waals surface area contributed by atoms with Gasteiger partial charge in [0.15, 0.2) is 0 Å². The van der Waals surface area contributed by atoms with Crippen molar-refractivity contribution < 1.29 is 14.0 Å². The van der Waals surface area contributed by atoms with Crippen molar-refractivity contribution in [2.75, 3.05) is 6.54 Å². The van der Waals surface area contributed by atoms with E-state index in [9.17, 15) is 9.59 Å². The Morgan fingerprint density at radius 1 is 1.12 bits per heavy atom. The highest BCUT2D eigenvalue weighted by Crippen LogP contribution is 2.29. The highest BCUT2D eigenvalue weighted by molar-refractivity contribution is 6.30. The topological polar surface area (TPSA) is 83.4 Å². The van der Waals surface area contributed by atoms with Gasteiger partial charge in [-0.1, -0.05) is 37.6 Å². The van der Waals surface area contributed by atoms with Gasteiger partial charge in [-0.25, -0.2) is 4.79 Å². The van der Waals surface area contributed by atoms with E-state index in [4.69, 9.17) is 16.0 Å². The molecule has 0 unspecified atom stereocenters. The lowest BCUT2D eigenvalue weighted by Gasteiger charge is -2.33. The maximum Gasteiger partial charge on any atom is 0.321 e. The van der Waals surface area contributed by atoms with Gasteiger partial charge >= 0.3 is 6.03 Å². The van der Waals surface area contributed by atoms with Gasteiger partial charge < -0.3 is 9.73 Å². The maximum absolute atomic E-state index is 12.1. The van der Waals surface area contributed by atoms with Gasteiger partial charge in [0.25, 0.3) is 0 Å². The number of imide groups is 1. The van der Waals surface area contributed by atoms with Crippen molar-refractivity contribution in [1.82, 2.24) is 16.0 Å². The van der Waals surface area contributed by atoms with Crippen LogP contribution in [0.5, 0.6) is 0 Å². The van der Waals surface area contributed by atoms with E-state index >= 15 is 0 Å². The zero-order valence-electron chi connectivity index (χ0n) is 15.0. The molecule has 0 aliphatic rings. The molecule has 1 aromatic heterocycles. The standard InChI is InChI=1S/C19H24ClN3O3/c1-3-19(4-2,14-7-9-15(20)10-8-14)22-13-17(24)23-18(25)21-12-16-6-5-11-26-16/h5-11,22H,3-4,12-13H2,1-2H3,(H2,21,23,24,25). The second-order valence-corrected chi connectivity index (χ2v) is 6.40. The number of carbonyl (C=O) groups excluding carboxylic acids is 2. The van der Waals surface area contributed by atoms with Crippen molar-refractivity contribution in [1.29, 1.82) is 0 Å². The molecule has 0 atom stereocenters. The molecule has 3 amide bonds. The Morgan fingerprint density at radius 2 is 1.81 bits per heavy atom. The Labute approximate surface area is 158 Å². The second kappa shape index (κ2) is 9.40. The Bertz CT molecular complexity index is 710. The minimum absolute atomic E-state index is 0.0263. The average Bonchev–Trinajstić information content (AvgIpc) is 3.16. The van der Waals surface area contributed by atoms with Crippen LogP contribution in [0.4, 0.5) is 4.79 Å². The van der Waals surface area contributed by atoms with Crippen molar-refractivity contribution in [2.24, 2.45) is 0 Å². The first-order valence-electron chi connectivity index (χ1n) is 8.60. The molecule has 26 heavy (non-hydrogen) atoms. The Kier molecular flexibility index (Phi) is 7.24. The smallest absolute Gasteiger partial charge is 0.321 e. The van der Waals surface area contributed by atoms with Crippen LogP contribution in [0.3, 0.4) is 0 Å². The minimum atomic E-state index is -0.557. The van der Waals surface area contributed by atoms with Crippen molar-refractivity contribution in [2.45, 2.75) is 38.8 Å². The zero-order valence-corrected chi connectivity index (χ0v) is 15.7. The fourth-order valence-electron chi connectivity index (χ4n) is 2.82. The van der Waals surface area contributed by atoms with Crippen molar-refractivity contribution in [3.05, 3.63) is 59.0 Å². The third kappa shape index (κ3) is 5.34.